The molecule has 0 spiro atoms. The van der Waals surface area contributed by atoms with Gasteiger partial charge < -0.3 is 19.1 Å². The Labute approximate surface area is 182 Å². The van der Waals surface area contributed by atoms with Crippen molar-refractivity contribution in [3.05, 3.63) is 29.3 Å². The van der Waals surface area contributed by atoms with E-state index in [0.29, 0.717) is 25.0 Å². The van der Waals surface area contributed by atoms with E-state index in [0.717, 1.165) is 25.4 Å². The fraction of sp³-hybridized carbons (Fsp3) is 0.720. The van der Waals surface area contributed by atoms with Crippen molar-refractivity contribution in [2.45, 2.75) is 70.8 Å². The Morgan fingerprint density at radius 1 is 1.17 bits per heavy atom. The van der Waals surface area contributed by atoms with E-state index in [1.165, 1.54) is 49.8 Å². The van der Waals surface area contributed by atoms with Crippen molar-refractivity contribution in [1.29, 1.82) is 0 Å². The average molecular weight is 418 g/mol. The second kappa shape index (κ2) is 10.3. The SMILES string of the molecule is C.CCCOCCOCC(=O)Oc1ccc2c(c1)[C@@]13CCCC[C@H]1[C@@H](C2)N(C)CC3. The average Bonchev–Trinajstić information content (AvgIpc) is 2.73. The summed E-state index contributed by atoms with van der Waals surface area (Å²) in [5, 5.41) is 0. The molecule has 0 amide bonds. The number of hydrogen-bond acceptors (Lipinski definition) is 5. The van der Waals surface area contributed by atoms with Crippen LogP contribution < -0.4 is 4.74 Å². The first-order valence-electron chi connectivity index (χ1n) is 11.3. The maximum Gasteiger partial charge on any atom is 0.337 e. The molecule has 2 fully saturated rings. The summed E-state index contributed by atoms with van der Waals surface area (Å²) in [6, 6.07) is 6.97. The summed E-state index contributed by atoms with van der Waals surface area (Å²) in [6.07, 6.45) is 8.58. The lowest BCUT2D eigenvalue weighted by Crippen LogP contribution is -2.59. The number of esters is 1. The quantitative estimate of drug-likeness (QED) is 0.357. The molecule has 168 valence electrons. The smallest absolute Gasteiger partial charge is 0.337 e. The second-order valence-electron chi connectivity index (χ2n) is 8.97. The highest BCUT2D eigenvalue weighted by atomic mass is 16.6. The molecule has 1 saturated carbocycles. The number of carbonyl (C=O) groups is 1. The molecule has 1 aromatic carbocycles. The lowest BCUT2D eigenvalue weighted by atomic mass is 9.52. The molecule has 4 rings (SSSR count). The van der Waals surface area contributed by atoms with Gasteiger partial charge in [0, 0.05) is 18.1 Å². The number of rotatable bonds is 8. The number of benzene rings is 1. The molecule has 0 unspecified atom stereocenters. The van der Waals surface area contributed by atoms with Gasteiger partial charge in [-0.15, -0.1) is 0 Å². The van der Waals surface area contributed by atoms with E-state index in [1.807, 2.05) is 6.07 Å². The van der Waals surface area contributed by atoms with E-state index in [9.17, 15) is 4.79 Å². The minimum Gasteiger partial charge on any atom is -0.425 e. The Bertz CT molecular complexity index is 721. The summed E-state index contributed by atoms with van der Waals surface area (Å²) < 4.78 is 16.4. The van der Waals surface area contributed by atoms with Gasteiger partial charge in [-0.1, -0.05) is 33.3 Å². The molecule has 1 heterocycles. The Morgan fingerprint density at radius 2 is 2.00 bits per heavy atom. The summed E-state index contributed by atoms with van der Waals surface area (Å²) in [6.45, 7) is 4.85. The van der Waals surface area contributed by atoms with Gasteiger partial charge in [0.05, 0.1) is 13.2 Å². The molecule has 0 radical (unpaired) electrons. The van der Waals surface area contributed by atoms with E-state index in [2.05, 4.69) is 31.0 Å². The van der Waals surface area contributed by atoms with Crippen molar-refractivity contribution >= 4 is 5.97 Å². The fourth-order valence-corrected chi connectivity index (χ4v) is 5.92. The molecule has 1 aromatic rings. The normalized spacial score (nSPS) is 27.5. The van der Waals surface area contributed by atoms with E-state index >= 15 is 0 Å². The van der Waals surface area contributed by atoms with Crippen LogP contribution in [0.3, 0.4) is 0 Å². The van der Waals surface area contributed by atoms with Crippen molar-refractivity contribution in [1.82, 2.24) is 4.90 Å². The molecule has 1 aliphatic heterocycles. The number of likely N-dealkylation sites (N-methyl/N-ethyl adjacent to an activating group) is 1. The van der Waals surface area contributed by atoms with Crippen molar-refractivity contribution in [3.63, 3.8) is 0 Å². The van der Waals surface area contributed by atoms with Gasteiger partial charge in [-0.3, -0.25) is 0 Å². The second-order valence-corrected chi connectivity index (χ2v) is 8.97. The third-order valence-corrected chi connectivity index (χ3v) is 7.26. The highest BCUT2D eigenvalue weighted by Crippen LogP contribution is 2.55. The third kappa shape index (κ3) is 4.58. The summed E-state index contributed by atoms with van der Waals surface area (Å²) in [5.74, 6) is 1.06. The van der Waals surface area contributed by atoms with Gasteiger partial charge in [-0.2, -0.15) is 0 Å². The largest absolute Gasteiger partial charge is 0.425 e. The van der Waals surface area contributed by atoms with Crippen LogP contribution in [-0.4, -0.2) is 56.9 Å². The summed E-state index contributed by atoms with van der Waals surface area (Å²) >= 11 is 0. The molecular formula is C25H39NO4. The number of fused-ring (bicyclic) bond motifs is 1. The van der Waals surface area contributed by atoms with Gasteiger partial charge >= 0.3 is 5.97 Å². The molecule has 1 saturated heterocycles. The molecule has 0 aromatic heterocycles. The number of hydrogen-bond donors (Lipinski definition) is 0. The minimum absolute atomic E-state index is 0. The lowest BCUT2D eigenvalue weighted by molar-refractivity contribution is -0.140. The summed E-state index contributed by atoms with van der Waals surface area (Å²) in [4.78, 5) is 14.8. The Balaban J connectivity index is 0.00000256. The molecular weight excluding hydrogens is 378 g/mol. The number of ether oxygens (including phenoxy) is 3. The highest BCUT2D eigenvalue weighted by Gasteiger charge is 2.53. The van der Waals surface area contributed by atoms with Crippen molar-refractivity contribution in [2.75, 3.05) is 40.0 Å². The van der Waals surface area contributed by atoms with Crippen molar-refractivity contribution < 1.29 is 19.0 Å². The van der Waals surface area contributed by atoms with Crippen LogP contribution in [0.15, 0.2) is 18.2 Å². The van der Waals surface area contributed by atoms with E-state index in [4.69, 9.17) is 14.2 Å². The Morgan fingerprint density at radius 3 is 2.83 bits per heavy atom. The zero-order valence-corrected chi connectivity index (χ0v) is 18.0. The van der Waals surface area contributed by atoms with E-state index < -0.39 is 0 Å². The molecule has 0 N–H and O–H groups in total. The number of piperidine rings is 1. The van der Waals surface area contributed by atoms with Crippen LogP contribution in [0, 0.1) is 5.92 Å². The number of carbonyl (C=O) groups excluding carboxylic acids is 1. The topological polar surface area (TPSA) is 48.0 Å². The summed E-state index contributed by atoms with van der Waals surface area (Å²) in [7, 11) is 2.29. The predicted molar refractivity (Wildman–Crippen MR) is 119 cm³/mol. The van der Waals surface area contributed by atoms with Crippen molar-refractivity contribution in [2.24, 2.45) is 5.92 Å². The zero-order chi connectivity index (χ0) is 20.3. The predicted octanol–water partition coefficient (Wildman–Crippen LogP) is 4.36. The number of nitrogens with zero attached hydrogens (tertiary/aromatic N) is 1. The number of likely N-dealkylation sites (tertiary alicyclic amines) is 1. The first kappa shape index (κ1) is 23.2. The van der Waals surface area contributed by atoms with Gasteiger partial charge in [0.2, 0.25) is 0 Å². The maximum absolute atomic E-state index is 12.2. The van der Waals surface area contributed by atoms with E-state index in [1.54, 1.807) is 0 Å². The van der Waals surface area contributed by atoms with E-state index in [-0.39, 0.29) is 25.4 Å². The highest BCUT2D eigenvalue weighted by molar-refractivity contribution is 5.73. The van der Waals surface area contributed by atoms with Gasteiger partial charge in [0.25, 0.3) is 0 Å². The maximum atomic E-state index is 12.2. The molecule has 3 atom stereocenters. The first-order valence-corrected chi connectivity index (χ1v) is 11.3. The van der Waals surface area contributed by atoms with Crippen LogP contribution in [0.25, 0.3) is 0 Å². The molecule has 5 nitrogen and oxygen atoms in total. The lowest BCUT2D eigenvalue weighted by Gasteiger charge is -2.58. The van der Waals surface area contributed by atoms with Gasteiger partial charge in [-0.25, -0.2) is 4.79 Å². The Kier molecular flexibility index (Phi) is 7.94. The minimum atomic E-state index is -0.338. The zero-order valence-electron chi connectivity index (χ0n) is 18.0. The molecule has 5 heteroatoms. The molecule has 30 heavy (non-hydrogen) atoms. The van der Waals surface area contributed by atoms with Crippen LogP contribution in [-0.2, 0) is 26.1 Å². The van der Waals surface area contributed by atoms with Gasteiger partial charge in [0.1, 0.15) is 12.4 Å². The van der Waals surface area contributed by atoms with Crippen molar-refractivity contribution in [3.8, 4) is 5.75 Å². The molecule has 2 bridgehead atoms. The molecule has 3 aliphatic rings. The first-order chi connectivity index (χ1) is 14.1. The monoisotopic (exact) mass is 417 g/mol. The van der Waals surface area contributed by atoms with Crippen LogP contribution in [0.2, 0.25) is 0 Å². The van der Waals surface area contributed by atoms with Gasteiger partial charge in [-0.05, 0) is 74.9 Å². The molecule has 2 aliphatic carbocycles. The van der Waals surface area contributed by atoms with Crippen LogP contribution >= 0.6 is 0 Å². The van der Waals surface area contributed by atoms with Crippen LogP contribution in [0.4, 0.5) is 0 Å². The third-order valence-electron chi connectivity index (χ3n) is 7.26. The van der Waals surface area contributed by atoms with Crippen LogP contribution in [0.1, 0.15) is 64.0 Å². The Hall–Kier alpha value is -1.43. The fourth-order valence-electron chi connectivity index (χ4n) is 5.92. The van der Waals surface area contributed by atoms with Crippen LogP contribution in [0.5, 0.6) is 5.75 Å². The van der Waals surface area contributed by atoms with Gasteiger partial charge in [0.15, 0.2) is 0 Å². The summed E-state index contributed by atoms with van der Waals surface area (Å²) in [5.41, 5.74) is 3.17. The standard InChI is InChI=1S/C24H35NO4.CH4/c1-3-12-27-13-14-28-17-23(26)29-19-8-7-18-15-22-20-6-4-5-9-24(20,21(18)16-19)10-11-25(22)2;/h7-8,16,20,22H,3-6,9-15,17H2,1-2H3;1H4/t20-,22+,24+;/m0./s1.